The first-order valence-electron chi connectivity index (χ1n) is 3.56. The summed E-state index contributed by atoms with van der Waals surface area (Å²) in [5.41, 5.74) is -2.26. The lowest BCUT2D eigenvalue weighted by molar-refractivity contribution is 0.107. The zero-order chi connectivity index (χ0) is 11.6. The molecule has 1 rings (SSSR count). The number of carbonyl (C=O) groups is 1. The molecule has 7 heteroatoms. The van der Waals surface area contributed by atoms with E-state index in [-0.39, 0.29) is 0 Å². The van der Waals surface area contributed by atoms with Crippen molar-refractivity contribution in [2.24, 2.45) is 0 Å². The Morgan fingerprint density at radius 3 is 2.60 bits per heavy atom. The molecule has 0 atom stereocenters. The molecular weight excluding hydrogens is 233 g/mol. The van der Waals surface area contributed by atoms with Gasteiger partial charge in [-0.2, -0.15) is 9.65 Å². The van der Waals surface area contributed by atoms with E-state index in [2.05, 4.69) is 4.98 Å². The van der Waals surface area contributed by atoms with Crippen LogP contribution in [-0.4, -0.2) is 10.2 Å². The Kier molecular flexibility index (Phi) is 3.27. The first-order chi connectivity index (χ1) is 6.97. The minimum absolute atomic E-state index is 0.558. The second kappa shape index (κ2) is 4.28. The topological polar surface area (TPSA) is 53.8 Å². The zero-order valence-electron chi connectivity index (χ0n) is 6.97. The van der Waals surface area contributed by atoms with E-state index in [1.807, 2.05) is 0 Å². The monoisotopic (exact) mass is 234 g/mol. The Labute approximate surface area is 87.1 Å². The Morgan fingerprint density at radius 1 is 1.60 bits per heavy atom. The fraction of sp³-hybridized carbons (Fsp3) is 0.125. The van der Waals surface area contributed by atoms with Crippen LogP contribution in [0.25, 0.3) is 0 Å². The predicted molar refractivity (Wildman–Crippen MR) is 44.1 cm³/mol. The number of hydrogen-bond acceptors (Lipinski definition) is 3. The molecule has 0 N–H and O–H groups in total. The number of aromatic nitrogens is 1. The summed E-state index contributed by atoms with van der Waals surface area (Å²) in [6.07, 6.45) is -3.02. The van der Waals surface area contributed by atoms with Crippen LogP contribution in [-0.2, 0) is 0 Å². The third-order valence-electron chi connectivity index (χ3n) is 1.54. The van der Waals surface area contributed by atoms with E-state index in [9.17, 15) is 18.0 Å². The van der Waals surface area contributed by atoms with Gasteiger partial charge in [-0.15, -0.1) is 0 Å². The smallest absolute Gasteiger partial charge is 0.275 e. The molecule has 0 aliphatic heterocycles. The van der Waals surface area contributed by atoms with Crippen molar-refractivity contribution in [2.45, 2.75) is 6.43 Å². The van der Waals surface area contributed by atoms with Crippen LogP contribution < -0.4 is 0 Å². The maximum Gasteiger partial charge on any atom is 0.280 e. The van der Waals surface area contributed by atoms with Crippen LogP contribution >= 0.6 is 11.6 Å². The molecule has 0 spiro atoms. The Bertz CT molecular complexity index is 456. The highest BCUT2D eigenvalue weighted by Crippen LogP contribution is 2.22. The van der Waals surface area contributed by atoms with Crippen LogP contribution in [0.5, 0.6) is 0 Å². The summed E-state index contributed by atoms with van der Waals surface area (Å²) in [6, 6.07) is 2.02. The number of nitriles is 1. The first kappa shape index (κ1) is 11.5. The van der Waals surface area contributed by atoms with Crippen molar-refractivity contribution in [3.8, 4) is 6.07 Å². The van der Waals surface area contributed by atoms with Crippen LogP contribution in [0, 0.1) is 17.3 Å². The summed E-state index contributed by atoms with van der Waals surface area (Å²) in [6.45, 7) is 0. The second-order valence-corrected chi connectivity index (χ2v) is 2.79. The molecule has 0 amide bonds. The standard InChI is InChI=1S/C8H2ClF3N2O/c9-6(15)5-3(2-13)1-4(7(10)11)14-8(5)12/h1,7H. The van der Waals surface area contributed by atoms with Crippen molar-refractivity contribution >= 4 is 16.8 Å². The van der Waals surface area contributed by atoms with Gasteiger partial charge in [0.25, 0.3) is 11.7 Å². The number of carbonyl (C=O) groups excluding carboxylic acids is 1. The molecule has 0 saturated heterocycles. The first-order valence-corrected chi connectivity index (χ1v) is 3.93. The van der Waals surface area contributed by atoms with Crippen molar-refractivity contribution in [1.82, 2.24) is 4.98 Å². The molecule has 0 aliphatic carbocycles. The SMILES string of the molecule is N#Cc1cc(C(F)F)nc(F)c1C(=O)Cl. The Hall–Kier alpha value is -1.61. The van der Waals surface area contributed by atoms with E-state index in [0.29, 0.717) is 6.07 Å². The van der Waals surface area contributed by atoms with Gasteiger partial charge in [0.2, 0.25) is 5.95 Å². The second-order valence-electron chi connectivity index (χ2n) is 2.45. The molecular formula is C8H2ClF3N2O. The van der Waals surface area contributed by atoms with Crippen molar-refractivity contribution in [3.63, 3.8) is 0 Å². The van der Waals surface area contributed by atoms with Gasteiger partial charge in [0, 0.05) is 0 Å². The maximum absolute atomic E-state index is 13.0. The van der Waals surface area contributed by atoms with Gasteiger partial charge in [0.15, 0.2) is 0 Å². The normalized spacial score (nSPS) is 10.1. The molecule has 0 aromatic carbocycles. The van der Waals surface area contributed by atoms with Crippen LogP contribution in [0.2, 0.25) is 0 Å². The molecule has 0 unspecified atom stereocenters. The fourth-order valence-electron chi connectivity index (χ4n) is 0.920. The van der Waals surface area contributed by atoms with Gasteiger partial charge < -0.3 is 0 Å². The van der Waals surface area contributed by atoms with Crippen molar-refractivity contribution in [1.29, 1.82) is 5.26 Å². The zero-order valence-corrected chi connectivity index (χ0v) is 7.73. The summed E-state index contributed by atoms with van der Waals surface area (Å²) in [4.78, 5) is 13.5. The molecule has 0 bridgehead atoms. The van der Waals surface area contributed by atoms with Gasteiger partial charge in [0.1, 0.15) is 17.3 Å². The average Bonchev–Trinajstić information content (AvgIpc) is 2.15. The van der Waals surface area contributed by atoms with Gasteiger partial charge in [0.05, 0.1) is 5.56 Å². The molecule has 3 nitrogen and oxygen atoms in total. The van der Waals surface area contributed by atoms with E-state index in [4.69, 9.17) is 16.9 Å². The summed E-state index contributed by atoms with van der Waals surface area (Å²) in [7, 11) is 0. The van der Waals surface area contributed by atoms with E-state index in [1.165, 1.54) is 6.07 Å². The van der Waals surface area contributed by atoms with Gasteiger partial charge >= 0.3 is 0 Å². The lowest BCUT2D eigenvalue weighted by Gasteiger charge is -2.03. The van der Waals surface area contributed by atoms with E-state index in [1.54, 1.807) is 0 Å². The molecule has 1 aromatic heterocycles. The molecule has 0 fully saturated rings. The number of halogens is 4. The van der Waals surface area contributed by atoms with Crippen molar-refractivity contribution < 1.29 is 18.0 Å². The third-order valence-corrected chi connectivity index (χ3v) is 1.72. The van der Waals surface area contributed by atoms with Crippen LogP contribution in [0.4, 0.5) is 13.2 Å². The molecule has 1 heterocycles. The van der Waals surface area contributed by atoms with E-state index >= 15 is 0 Å². The molecule has 15 heavy (non-hydrogen) atoms. The highest BCUT2D eigenvalue weighted by Gasteiger charge is 2.21. The Morgan fingerprint density at radius 2 is 2.20 bits per heavy atom. The van der Waals surface area contributed by atoms with E-state index < -0.39 is 34.4 Å². The largest absolute Gasteiger partial charge is 0.280 e. The van der Waals surface area contributed by atoms with Gasteiger partial charge in [-0.05, 0) is 17.7 Å². The number of rotatable bonds is 2. The van der Waals surface area contributed by atoms with Gasteiger partial charge in [-0.1, -0.05) is 0 Å². The molecule has 0 radical (unpaired) electrons. The highest BCUT2D eigenvalue weighted by molar-refractivity contribution is 6.68. The molecule has 1 aromatic rings. The lowest BCUT2D eigenvalue weighted by atomic mass is 10.1. The molecule has 78 valence electrons. The summed E-state index contributed by atoms with van der Waals surface area (Å²) >= 11 is 4.97. The highest BCUT2D eigenvalue weighted by atomic mass is 35.5. The van der Waals surface area contributed by atoms with Crippen LogP contribution in [0.3, 0.4) is 0 Å². The fourth-order valence-corrected chi connectivity index (χ4v) is 1.10. The van der Waals surface area contributed by atoms with Crippen molar-refractivity contribution in [3.05, 3.63) is 28.8 Å². The predicted octanol–water partition coefficient (Wildman–Crippen LogP) is 2.41. The number of pyridine rings is 1. The van der Waals surface area contributed by atoms with Crippen LogP contribution in [0.1, 0.15) is 28.0 Å². The number of nitrogens with zero attached hydrogens (tertiary/aromatic N) is 2. The minimum Gasteiger partial charge on any atom is -0.275 e. The Balaban J connectivity index is 3.46. The van der Waals surface area contributed by atoms with Crippen molar-refractivity contribution in [2.75, 3.05) is 0 Å². The van der Waals surface area contributed by atoms with Crippen LogP contribution in [0.15, 0.2) is 6.07 Å². The average molecular weight is 235 g/mol. The van der Waals surface area contributed by atoms with Gasteiger partial charge in [-0.3, -0.25) is 4.79 Å². The maximum atomic E-state index is 13.0. The lowest BCUT2D eigenvalue weighted by Crippen LogP contribution is -2.05. The quantitative estimate of drug-likeness (QED) is 0.583. The molecule has 0 aliphatic rings. The minimum atomic E-state index is -3.02. The third kappa shape index (κ3) is 2.25. The summed E-state index contributed by atoms with van der Waals surface area (Å²) < 4.78 is 37.3. The molecule has 0 saturated carbocycles. The summed E-state index contributed by atoms with van der Waals surface area (Å²) in [5.74, 6) is -1.47. The number of hydrogen-bond donors (Lipinski definition) is 0. The van der Waals surface area contributed by atoms with E-state index in [0.717, 1.165) is 0 Å². The summed E-state index contributed by atoms with van der Waals surface area (Å²) in [5, 5.41) is 7.25. The number of alkyl halides is 2. The van der Waals surface area contributed by atoms with Gasteiger partial charge in [-0.25, -0.2) is 13.8 Å².